The molecule has 1 aliphatic carbocycles. The van der Waals surface area contributed by atoms with Gasteiger partial charge in [-0.25, -0.2) is 17.5 Å². The first-order valence-electron chi connectivity index (χ1n) is 6.86. The number of benzene rings is 1. The fourth-order valence-corrected chi connectivity index (χ4v) is 3.91. The quantitative estimate of drug-likeness (QED) is 0.874. The van der Waals surface area contributed by atoms with E-state index in [1.165, 1.54) is 12.1 Å². The van der Waals surface area contributed by atoms with Gasteiger partial charge in [0.05, 0.1) is 4.90 Å². The van der Waals surface area contributed by atoms with Crippen LogP contribution in [-0.2, 0) is 16.6 Å². The van der Waals surface area contributed by atoms with E-state index in [-0.39, 0.29) is 23.0 Å². The third kappa shape index (κ3) is 3.02. The van der Waals surface area contributed by atoms with Crippen molar-refractivity contribution < 1.29 is 12.8 Å². The largest absolute Gasteiger partial charge is 0.326 e. The van der Waals surface area contributed by atoms with Crippen molar-refractivity contribution in [3.63, 3.8) is 0 Å². The Labute approximate surface area is 119 Å². The summed E-state index contributed by atoms with van der Waals surface area (Å²) in [5, 5.41) is 0. The van der Waals surface area contributed by atoms with Crippen LogP contribution >= 0.6 is 0 Å². The number of nitrogens with one attached hydrogen (secondary N) is 1. The van der Waals surface area contributed by atoms with Crippen molar-refractivity contribution in [1.82, 2.24) is 4.72 Å². The van der Waals surface area contributed by atoms with E-state index < -0.39 is 15.8 Å². The zero-order valence-corrected chi connectivity index (χ0v) is 12.6. The average Bonchev–Trinajstić information content (AvgIpc) is 2.29. The van der Waals surface area contributed by atoms with Crippen molar-refractivity contribution in [3.05, 3.63) is 29.1 Å². The Kier molecular flexibility index (Phi) is 4.46. The fourth-order valence-electron chi connectivity index (χ4n) is 2.46. The molecule has 112 valence electrons. The summed E-state index contributed by atoms with van der Waals surface area (Å²) in [6.45, 7) is 3.40. The Bertz CT molecular complexity index is 597. The van der Waals surface area contributed by atoms with Gasteiger partial charge >= 0.3 is 0 Å². The van der Waals surface area contributed by atoms with Gasteiger partial charge in [-0.3, -0.25) is 0 Å². The Morgan fingerprint density at radius 1 is 1.45 bits per heavy atom. The van der Waals surface area contributed by atoms with Crippen LogP contribution in [0.15, 0.2) is 17.0 Å². The second kappa shape index (κ2) is 5.79. The van der Waals surface area contributed by atoms with Crippen LogP contribution in [0.1, 0.15) is 37.3 Å². The Morgan fingerprint density at radius 2 is 2.10 bits per heavy atom. The molecule has 3 N–H and O–H groups in total. The molecule has 6 heteroatoms. The molecule has 0 radical (unpaired) electrons. The van der Waals surface area contributed by atoms with Crippen molar-refractivity contribution >= 4 is 10.0 Å². The van der Waals surface area contributed by atoms with E-state index in [2.05, 4.69) is 4.72 Å². The third-order valence-corrected chi connectivity index (χ3v) is 5.57. The number of sulfonamides is 1. The first-order chi connectivity index (χ1) is 9.35. The summed E-state index contributed by atoms with van der Waals surface area (Å²) in [6.07, 6.45) is 3.27. The van der Waals surface area contributed by atoms with Crippen LogP contribution < -0.4 is 10.5 Å². The van der Waals surface area contributed by atoms with E-state index in [1.807, 2.05) is 6.92 Å². The normalized spacial score (nSPS) is 17.8. The van der Waals surface area contributed by atoms with Gasteiger partial charge in [-0.15, -0.1) is 0 Å². The van der Waals surface area contributed by atoms with Crippen molar-refractivity contribution in [3.8, 4) is 0 Å². The summed E-state index contributed by atoms with van der Waals surface area (Å²) in [7, 11) is -3.62. The average molecular weight is 300 g/mol. The molecule has 0 spiro atoms. The standard InChI is InChI=1S/C14H21FN2O2S/c1-9-6-13(7-12(8-16)14(9)15)20(18,19)17-10(2)11-4-3-5-11/h6-7,10-11,17H,3-5,8,16H2,1-2H3. The van der Waals surface area contributed by atoms with Crippen LogP contribution in [0.5, 0.6) is 0 Å². The van der Waals surface area contributed by atoms with Gasteiger partial charge in [0.2, 0.25) is 10.0 Å². The lowest BCUT2D eigenvalue weighted by Gasteiger charge is -2.31. The van der Waals surface area contributed by atoms with Crippen LogP contribution in [0, 0.1) is 18.7 Å². The van der Waals surface area contributed by atoms with Gasteiger partial charge < -0.3 is 5.73 Å². The number of rotatable bonds is 5. The van der Waals surface area contributed by atoms with Gasteiger partial charge in [-0.1, -0.05) is 6.42 Å². The lowest BCUT2D eigenvalue weighted by molar-refractivity contribution is 0.260. The lowest BCUT2D eigenvalue weighted by atomic mass is 9.81. The maximum atomic E-state index is 13.7. The van der Waals surface area contributed by atoms with Crippen LogP contribution in [0.25, 0.3) is 0 Å². The molecule has 20 heavy (non-hydrogen) atoms. The molecular formula is C14H21FN2O2S. The molecule has 1 aromatic rings. The van der Waals surface area contributed by atoms with Crippen LogP contribution in [0.4, 0.5) is 4.39 Å². The van der Waals surface area contributed by atoms with Crippen molar-refractivity contribution in [1.29, 1.82) is 0 Å². The molecule has 1 fully saturated rings. The summed E-state index contributed by atoms with van der Waals surface area (Å²) < 4.78 is 41.1. The molecule has 1 aromatic carbocycles. The first-order valence-corrected chi connectivity index (χ1v) is 8.35. The van der Waals surface area contributed by atoms with Gasteiger partial charge in [0.25, 0.3) is 0 Å². The predicted molar refractivity (Wildman–Crippen MR) is 76.2 cm³/mol. The van der Waals surface area contributed by atoms with E-state index in [9.17, 15) is 12.8 Å². The van der Waals surface area contributed by atoms with Gasteiger partial charge in [-0.05, 0) is 50.3 Å². The first kappa shape index (κ1) is 15.4. The van der Waals surface area contributed by atoms with E-state index >= 15 is 0 Å². The second-order valence-electron chi connectivity index (χ2n) is 5.52. The Balaban J connectivity index is 2.26. The minimum absolute atomic E-state index is 0.0196. The molecular weight excluding hydrogens is 279 g/mol. The van der Waals surface area contributed by atoms with Gasteiger partial charge in [0.15, 0.2) is 0 Å². The van der Waals surface area contributed by atoms with Gasteiger partial charge in [0, 0.05) is 18.2 Å². The number of hydrogen-bond acceptors (Lipinski definition) is 3. The zero-order valence-electron chi connectivity index (χ0n) is 11.8. The molecule has 0 aliphatic heterocycles. The van der Waals surface area contributed by atoms with Crippen molar-refractivity contribution in [2.75, 3.05) is 0 Å². The van der Waals surface area contributed by atoms with Crippen LogP contribution in [-0.4, -0.2) is 14.5 Å². The zero-order chi connectivity index (χ0) is 14.9. The minimum atomic E-state index is -3.62. The molecule has 2 rings (SSSR count). The van der Waals surface area contributed by atoms with E-state index in [1.54, 1.807) is 6.92 Å². The monoisotopic (exact) mass is 300 g/mol. The predicted octanol–water partition coefficient (Wildman–Crippen LogP) is 2.06. The van der Waals surface area contributed by atoms with Gasteiger partial charge in [0.1, 0.15) is 5.82 Å². The molecule has 1 aliphatic rings. The highest BCUT2D eigenvalue weighted by molar-refractivity contribution is 7.89. The SMILES string of the molecule is Cc1cc(S(=O)(=O)NC(C)C2CCC2)cc(CN)c1F. The summed E-state index contributed by atoms with van der Waals surface area (Å²) in [5.41, 5.74) is 5.98. The van der Waals surface area contributed by atoms with Crippen LogP contribution in [0.3, 0.4) is 0 Å². The summed E-state index contributed by atoms with van der Waals surface area (Å²) in [5.74, 6) is -0.0289. The number of halogens is 1. The van der Waals surface area contributed by atoms with E-state index in [0.717, 1.165) is 19.3 Å². The number of hydrogen-bond donors (Lipinski definition) is 2. The highest BCUT2D eigenvalue weighted by Crippen LogP contribution is 2.30. The topological polar surface area (TPSA) is 72.2 Å². The maximum absolute atomic E-state index is 13.7. The molecule has 0 aromatic heterocycles. The summed E-state index contributed by atoms with van der Waals surface area (Å²) in [6, 6.07) is 2.57. The minimum Gasteiger partial charge on any atom is -0.326 e. The number of nitrogens with two attached hydrogens (primary N) is 1. The molecule has 1 unspecified atom stereocenters. The molecule has 0 bridgehead atoms. The second-order valence-corrected chi connectivity index (χ2v) is 7.23. The molecule has 0 heterocycles. The molecule has 0 saturated heterocycles. The summed E-state index contributed by atoms with van der Waals surface area (Å²) >= 11 is 0. The molecule has 4 nitrogen and oxygen atoms in total. The van der Waals surface area contributed by atoms with E-state index in [4.69, 9.17) is 5.73 Å². The Hall–Kier alpha value is -0.980. The summed E-state index contributed by atoms with van der Waals surface area (Å²) in [4.78, 5) is 0.0861. The smallest absolute Gasteiger partial charge is 0.240 e. The lowest BCUT2D eigenvalue weighted by Crippen LogP contribution is -2.40. The molecule has 1 saturated carbocycles. The highest BCUT2D eigenvalue weighted by atomic mass is 32.2. The van der Waals surface area contributed by atoms with Gasteiger partial charge in [-0.2, -0.15) is 0 Å². The molecule has 0 amide bonds. The highest BCUT2D eigenvalue weighted by Gasteiger charge is 2.28. The van der Waals surface area contributed by atoms with E-state index in [0.29, 0.717) is 11.5 Å². The Morgan fingerprint density at radius 3 is 2.60 bits per heavy atom. The van der Waals surface area contributed by atoms with Crippen molar-refractivity contribution in [2.45, 2.75) is 50.6 Å². The molecule has 1 atom stereocenters. The maximum Gasteiger partial charge on any atom is 0.240 e. The van der Waals surface area contributed by atoms with Crippen LogP contribution in [0.2, 0.25) is 0 Å². The fraction of sp³-hybridized carbons (Fsp3) is 0.571. The third-order valence-electron chi connectivity index (χ3n) is 4.03. The van der Waals surface area contributed by atoms with Crippen molar-refractivity contribution in [2.24, 2.45) is 11.7 Å². The number of aryl methyl sites for hydroxylation is 1.